The Bertz CT molecular complexity index is 616. The third kappa shape index (κ3) is 3.63. The zero-order valence-corrected chi connectivity index (χ0v) is 13.9. The Labute approximate surface area is 126 Å². The number of carboxylic acid groups (broad SMARTS) is 1. The summed E-state index contributed by atoms with van der Waals surface area (Å²) in [6, 6.07) is 6.57. The number of carboxylic acids is 1. The number of rotatable bonds is 6. The van der Waals surface area contributed by atoms with Crippen molar-refractivity contribution in [2.24, 2.45) is 5.41 Å². The standard InChI is InChI=1S/C15H23NO4S/c1-6-11-7-9-12(10-8-11)21(19,20)16-15(4,5)14(2,3)13(17)18/h7-10,16H,6H2,1-5H3,(H,17,18). The van der Waals surface area contributed by atoms with Crippen LogP contribution in [0.2, 0.25) is 0 Å². The Balaban J connectivity index is 3.12. The lowest BCUT2D eigenvalue weighted by Crippen LogP contribution is -2.56. The predicted molar refractivity (Wildman–Crippen MR) is 81.6 cm³/mol. The molecule has 1 aromatic carbocycles. The van der Waals surface area contributed by atoms with Crippen molar-refractivity contribution in [3.8, 4) is 0 Å². The van der Waals surface area contributed by atoms with E-state index in [4.69, 9.17) is 0 Å². The van der Waals surface area contributed by atoms with Crippen LogP contribution in [0, 0.1) is 5.41 Å². The molecular formula is C15H23NO4S. The highest BCUT2D eigenvalue weighted by Gasteiger charge is 2.45. The van der Waals surface area contributed by atoms with Crippen LogP contribution in [-0.4, -0.2) is 25.0 Å². The van der Waals surface area contributed by atoms with Gasteiger partial charge >= 0.3 is 5.97 Å². The summed E-state index contributed by atoms with van der Waals surface area (Å²) < 4.78 is 27.3. The Hall–Kier alpha value is -1.40. The zero-order chi connectivity index (χ0) is 16.5. The van der Waals surface area contributed by atoms with E-state index in [1.807, 2.05) is 6.92 Å². The second-order valence-corrected chi connectivity index (χ2v) is 7.84. The summed E-state index contributed by atoms with van der Waals surface area (Å²) in [5.41, 5.74) is -1.34. The molecule has 0 heterocycles. The molecule has 0 saturated carbocycles. The molecule has 0 bridgehead atoms. The third-order valence-corrected chi connectivity index (χ3v) is 5.80. The SMILES string of the molecule is CCc1ccc(S(=O)(=O)NC(C)(C)C(C)(C)C(=O)O)cc1. The van der Waals surface area contributed by atoms with Gasteiger partial charge in [0.2, 0.25) is 10.0 Å². The van der Waals surface area contributed by atoms with Gasteiger partial charge in [-0.15, -0.1) is 0 Å². The number of benzene rings is 1. The van der Waals surface area contributed by atoms with Crippen LogP contribution in [0.15, 0.2) is 29.2 Å². The van der Waals surface area contributed by atoms with Crippen molar-refractivity contribution in [2.75, 3.05) is 0 Å². The Kier molecular flexibility index (Phi) is 4.85. The maximum Gasteiger partial charge on any atom is 0.310 e. The van der Waals surface area contributed by atoms with Crippen LogP contribution in [0.4, 0.5) is 0 Å². The van der Waals surface area contributed by atoms with E-state index in [0.29, 0.717) is 0 Å². The van der Waals surface area contributed by atoms with Crippen molar-refractivity contribution >= 4 is 16.0 Å². The van der Waals surface area contributed by atoms with Crippen molar-refractivity contribution < 1.29 is 18.3 Å². The molecule has 21 heavy (non-hydrogen) atoms. The Morgan fingerprint density at radius 2 is 1.62 bits per heavy atom. The van der Waals surface area contributed by atoms with Gasteiger partial charge in [-0.25, -0.2) is 13.1 Å². The normalized spacial score (nSPS) is 13.2. The topological polar surface area (TPSA) is 83.5 Å². The van der Waals surface area contributed by atoms with Gasteiger partial charge < -0.3 is 5.11 Å². The number of carbonyl (C=O) groups is 1. The molecule has 0 spiro atoms. The molecule has 0 atom stereocenters. The van der Waals surface area contributed by atoms with Crippen molar-refractivity contribution in [3.05, 3.63) is 29.8 Å². The molecule has 0 aliphatic carbocycles. The molecule has 0 aliphatic heterocycles. The monoisotopic (exact) mass is 313 g/mol. The summed E-state index contributed by atoms with van der Waals surface area (Å²) in [5.74, 6) is -1.06. The van der Waals surface area contributed by atoms with Gasteiger partial charge in [-0.2, -0.15) is 0 Å². The molecule has 1 rings (SSSR count). The first-order chi connectivity index (χ1) is 9.44. The highest BCUT2D eigenvalue weighted by Crippen LogP contribution is 2.32. The molecule has 5 nitrogen and oxygen atoms in total. The molecule has 2 N–H and O–H groups in total. The lowest BCUT2D eigenvalue weighted by molar-refractivity contribution is -0.150. The van der Waals surface area contributed by atoms with Gasteiger partial charge in [0.15, 0.2) is 0 Å². The van der Waals surface area contributed by atoms with Gasteiger partial charge in [0.1, 0.15) is 0 Å². The molecule has 6 heteroatoms. The van der Waals surface area contributed by atoms with Crippen LogP contribution in [0.3, 0.4) is 0 Å². The van der Waals surface area contributed by atoms with Gasteiger partial charge in [-0.05, 0) is 51.8 Å². The minimum atomic E-state index is -3.77. The Morgan fingerprint density at radius 3 is 2.00 bits per heavy atom. The maximum atomic E-state index is 12.4. The van der Waals surface area contributed by atoms with Crippen molar-refractivity contribution in [2.45, 2.75) is 51.5 Å². The zero-order valence-electron chi connectivity index (χ0n) is 13.1. The van der Waals surface area contributed by atoms with Gasteiger partial charge in [0.05, 0.1) is 10.3 Å². The second-order valence-electron chi connectivity index (χ2n) is 6.16. The fraction of sp³-hybridized carbons (Fsp3) is 0.533. The quantitative estimate of drug-likeness (QED) is 0.845. The predicted octanol–water partition coefficient (Wildman–Crippen LogP) is 2.42. The largest absolute Gasteiger partial charge is 0.481 e. The van der Waals surface area contributed by atoms with E-state index in [2.05, 4.69) is 4.72 Å². The number of aryl methyl sites for hydroxylation is 1. The lowest BCUT2D eigenvalue weighted by atomic mass is 9.75. The van der Waals surface area contributed by atoms with Crippen LogP contribution >= 0.6 is 0 Å². The number of sulfonamides is 1. The van der Waals surface area contributed by atoms with Gasteiger partial charge in [-0.3, -0.25) is 4.79 Å². The summed E-state index contributed by atoms with van der Waals surface area (Å²) in [6.07, 6.45) is 0.825. The van der Waals surface area contributed by atoms with Gasteiger partial charge in [0.25, 0.3) is 0 Å². The first-order valence-corrected chi connectivity index (χ1v) is 8.28. The van der Waals surface area contributed by atoms with Gasteiger partial charge in [0, 0.05) is 5.54 Å². The van der Waals surface area contributed by atoms with E-state index in [0.717, 1.165) is 12.0 Å². The van der Waals surface area contributed by atoms with Gasteiger partial charge in [-0.1, -0.05) is 19.1 Å². The molecule has 118 valence electrons. The van der Waals surface area contributed by atoms with E-state index < -0.39 is 26.9 Å². The van der Waals surface area contributed by atoms with Crippen LogP contribution in [0.1, 0.15) is 40.2 Å². The smallest absolute Gasteiger partial charge is 0.310 e. The second kappa shape index (κ2) is 5.77. The minimum Gasteiger partial charge on any atom is -0.481 e. The van der Waals surface area contributed by atoms with Crippen molar-refractivity contribution in [1.82, 2.24) is 4.72 Å². The molecule has 0 aliphatic rings. The average Bonchev–Trinajstić information content (AvgIpc) is 2.37. The minimum absolute atomic E-state index is 0.133. The fourth-order valence-corrected chi connectivity index (χ4v) is 3.23. The van der Waals surface area contributed by atoms with E-state index in [1.165, 1.54) is 26.0 Å². The van der Waals surface area contributed by atoms with Crippen LogP contribution < -0.4 is 4.72 Å². The number of hydrogen-bond acceptors (Lipinski definition) is 3. The Morgan fingerprint density at radius 1 is 1.14 bits per heavy atom. The summed E-state index contributed by atoms with van der Waals surface area (Å²) in [5, 5.41) is 9.28. The molecule has 0 amide bonds. The molecule has 0 unspecified atom stereocenters. The van der Waals surface area contributed by atoms with Crippen molar-refractivity contribution in [1.29, 1.82) is 0 Å². The van der Waals surface area contributed by atoms with E-state index in [1.54, 1.807) is 26.0 Å². The average molecular weight is 313 g/mol. The van der Waals surface area contributed by atoms with Crippen molar-refractivity contribution in [3.63, 3.8) is 0 Å². The molecule has 1 aromatic rings. The number of aliphatic carboxylic acids is 1. The van der Waals surface area contributed by atoms with Crippen LogP contribution in [0.5, 0.6) is 0 Å². The molecular weight excluding hydrogens is 290 g/mol. The molecule has 0 aromatic heterocycles. The van der Waals surface area contributed by atoms with Crippen LogP contribution in [-0.2, 0) is 21.2 Å². The summed E-state index contributed by atoms with van der Waals surface area (Å²) in [7, 11) is -3.77. The van der Waals surface area contributed by atoms with E-state index >= 15 is 0 Å². The molecule has 0 radical (unpaired) electrons. The van der Waals surface area contributed by atoms with E-state index in [-0.39, 0.29) is 4.90 Å². The highest BCUT2D eigenvalue weighted by atomic mass is 32.2. The first kappa shape index (κ1) is 17.7. The summed E-state index contributed by atoms with van der Waals surface area (Å²) >= 11 is 0. The first-order valence-electron chi connectivity index (χ1n) is 6.80. The van der Waals surface area contributed by atoms with E-state index in [9.17, 15) is 18.3 Å². The lowest BCUT2D eigenvalue weighted by Gasteiger charge is -2.38. The third-order valence-electron chi connectivity index (χ3n) is 4.13. The summed E-state index contributed by atoms with van der Waals surface area (Å²) in [4.78, 5) is 11.5. The van der Waals surface area contributed by atoms with Crippen LogP contribution in [0.25, 0.3) is 0 Å². The molecule has 0 saturated heterocycles. The number of hydrogen-bond donors (Lipinski definition) is 2. The number of nitrogens with one attached hydrogen (secondary N) is 1. The summed E-state index contributed by atoms with van der Waals surface area (Å²) in [6.45, 7) is 8.12. The maximum absolute atomic E-state index is 12.4. The fourth-order valence-electron chi connectivity index (χ4n) is 1.69. The molecule has 0 fully saturated rings. The highest BCUT2D eigenvalue weighted by molar-refractivity contribution is 7.89.